The first-order valence-corrected chi connectivity index (χ1v) is 5.27. The van der Waals surface area contributed by atoms with Crippen molar-refractivity contribution in [1.82, 2.24) is 20.0 Å². The lowest BCUT2D eigenvalue weighted by Gasteiger charge is -2.04. The van der Waals surface area contributed by atoms with E-state index in [-0.39, 0.29) is 0 Å². The third-order valence-electron chi connectivity index (χ3n) is 2.69. The van der Waals surface area contributed by atoms with Crippen molar-refractivity contribution in [3.05, 3.63) is 35.2 Å². The number of hydrogen-bond acceptors (Lipinski definition) is 4. The Labute approximate surface area is 94.5 Å². The number of nitrogens with one attached hydrogen (secondary N) is 1. The fraction of sp³-hybridized carbons (Fsp3) is 0.455. The average molecular weight is 220 g/mol. The summed E-state index contributed by atoms with van der Waals surface area (Å²) in [6.07, 6.45) is 3.74. The summed E-state index contributed by atoms with van der Waals surface area (Å²) in [7, 11) is 1.99. The number of nitrogens with zero attached hydrogens (tertiary/aromatic N) is 3. The molecule has 0 saturated heterocycles. The van der Waals surface area contributed by atoms with E-state index in [0.29, 0.717) is 0 Å². The molecule has 2 heterocycles. The first-order chi connectivity index (χ1) is 7.68. The SMILES string of the molecule is Cc1noc(C)c1CNCc1nccn1C. The molecular formula is C11H16N4O. The molecule has 0 aliphatic carbocycles. The topological polar surface area (TPSA) is 55.9 Å². The van der Waals surface area contributed by atoms with Crippen LogP contribution in [0.2, 0.25) is 0 Å². The van der Waals surface area contributed by atoms with Gasteiger partial charge < -0.3 is 14.4 Å². The molecule has 0 fully saturated rings. The van der Waals surface area contributed by atoms with Crippen molar-refractivity contribution < 1.29 is 4.52 Å². The second kappa shape index (κ2) is 4.49. The largest absolute Gasteiger partial charge is 0.361 e. The standard InChI is InChI=1S/C11H16N4O/c1-8-10(9(2)16-14-8)6-12-7-11-13-4-5-15(11)3/h4-5,12H,6-7H2,1-3H3. The Morgan fingerprint density at radius 2 is 2.19 bits per heavy atom. The molecule has 0 radical (unpaired) electrons. The van der Waals surface area contributed by atoms with E-state index in [1.54, 1.807) is 6.20 Å². The van der Waals surface area contributed by atoms with Gasteiger partial charge in [-0.05, 0) is 13.8 Å². The van der Waals surface area contributed by atoms with Crippen molar-refractivity contribution in [3.8, 4) is 0 Å². The van der Waals surface area contributed by atoms with Gasteiger partial charge in [0.1, 0.15) is 11.6 Å². The highest BCUT2D eigenvalue weighted by atomic mass is 16.5. The second-order valence-electron chi connectivity index (χ2n) is 3.86. The van der Waals surface area contributed by atoms with Gasteiger partial charge in [-0.15, -0.1) is 0 Å². The number of hydrogen-bond donors (Lipinski definition) is 1. The van der Waals surface area contributed by atoms with Gasteiger partial charge in [0, 0.05) is 31.5 Å². The number of imidazole rings is 1. The summed E-state index contributed by atoms with van der Waals surface area (Å²) in [5, 5.41) is 7.24. The van der Waals surface area contributed by atoms with Crippen molar-refractivity contribution in [2.75, 3.05) is 0 Å². The molecule has 2 aromatic heterocycles. The van der Waals surface area contributed by atoms with Crippen LogP contribution in [0.5, 0.6) is 0 Å². The first kappa shape index (κ1) is 10.9. The summed E-state index contributed by atoms with van der Waals surface area (Å²) in [5.41, 5.74) is 2.08. The van der Waals surface area contributed by atoms with Crippen LogP contribution in [0.15, 0.2) is 16.9 Å². The van der Waals surface area contributed by atoms with Gasteiger partial charge in [-0.1, -0.05) is 5.16 Å². The number of rotatable bonds is 4. The van der Waals surface area contributed by atoms with Gasteiger partial charge in [-0.3, -0.25) is 0 Å². The molecule has 2 rings (SSSR count). The third-order valence-corrected chi connectivity index (χ3v) is 2.69. The van der Waals surface area contributed by atoms with Crippen LogP contribution >= 0.6 is 0 Å². The summed E-state index contributed by atoms with van der Waals surface area (Å²) in [6.45, 7) is 5.38. The number of aromatic nitrogens is 3. The lowest BCUT2D eigenvalue weighted by atomic mass is 10.2. The molecule has 0 aromatic carbocycles. The highest BCUT2D eigenvalue weighted by Crippen LogP contribution is 2.11. The zero-order valence-electron chi connectivity index (χ0n) is 9.82. The van der Waals surface area contributed by atoms with E-state index in [0.717, 1.165) is 35.9 Å². The zero-order chi connectivity index (χ0) is 11.5. The predicted molar refractivity (Wildman–Crippen MR) is 59.7 cm³/mol. The smallest absolute Gasteiger partial charge is 0.138 e. The number of aryl methyl sites for hydroxylation is 3. The van der Waals surface area contributed by atoms with Crippen molar-refractivity contribution in [2.45, 2.75) is 26.9 Å². The Kier molecular flexibility index (Phi) is 3.05. The molecule has 1 N–H and O–H groups in total. The van der Waals surface area contributed by atoms with Crippen LogP contribution in [0.1, 0.15) is 22.8 Å². The maximum atomic E-state index is 5.10. The van der Waals surface area contributed by atoms with E-state index >= 15 is 0 Å². The molecule has 0 unspecified atom stereocenters. The highest BCUT2D eigenvalue weighted by molar-refractivity contribution is 5.20. The van der Waals surface area contributed by atoms with E-state index in [1.165, 1.54) is 0 Å². The Morgan fingerprint density at radius 3 is 2.75 bits per heavy atom. The van der Waals surface area contributed by atoms with Crippen molar-refractivity contribution in [1.29, 1.82) is 0 Å². The zero-order valence-corrected chi connectivity index (χ0v) is 9.82. The van der Waals surface area contributed by atoms with E-state index < -0.39 is 0 Å². The second-order valence-corrected chi connectivity index (χ2v) is 3.86. The highest BCUT2D eigenvalue weighted by Gasteiger charge is 2.08. The van der Waals surface area contributed by atoms with E-state index in [4.69, 9.17) is 4.52 Å². The fourth-order valence-electron chi connectivity index (χ4n) is 1.62. The minimum atomic E-state index is 0.744. The Balaban J connectivity index is 1.92. The van der Waals surface area contributed by atoms with Gasteiger partial charge in [0.15, 0.2) is 0 Å². The molecule has 0 aliphatic heterocycles. The van der Waals surface area contributed by atoms with Crippen LogP contribution < -0.4 is 5.32 Å². The lowest BCUT2D eigenvalue weighted by Crippen LogP contribution is -2.16. The van der Waals surface area contributed by atoms with Crippen molar-refractivity contribution in [2.24, 2.45) is 7.05 Å². The van der Waals surface area contributed by atoms with Crippen LogP contribution in [0.3, 0.4) is 0 Å². The van der Waals surface area contributed by atoms with Crippen molar-refractivity contribution in [3.63, 3.8) is 0 Å². The Bertz CT molecular complexity index is 453. The van der Waals surface area contributed by atoms with Gasteiger partial charge >= 0.3 is 0 Å². The molecule has 2 aromatic rings. The lowest BCUT2D eigenvalue weighted by molar-refractivity contribution is 0.391. The molecule has 86 valence electrons. The Morgan fingerprint density at radius 1 is 1.38 bits per heavy atom. The fourth-order valence-corrected chi connectivity index (χ4v) is 1.62. The minimum Gasteiger partial charge on any atom is -0.361 e. The van der Waals surface area contributed by atoms with Crippen LogP contribution in [0, 0.1) is 13.8 Å². The molecular weight excluding hydrogens is 204 g/mol. The maximum Gasteiger partial charge on any atom is 0.138 e. The molecule has 0 atom stereocenters. The van der Waals surface area contributed by atoms with Crippen molar-refractivity contribution >= 4 is 0 Å². The quantitative estimate of drug-likeness (QED) is 0.844. The third kappa shape index (κ3) is 2.14. The molecule has 0 saturated carbocycles. The molecule has 5 heteroatoms. The summed E-state index contributed by atoms with van der Waals surface area (Å²) in [5.74, 6) is 1.90. The summed E-state index contributed by atoms with van der Waals surface area (Å²) in [4.78, 5) is 4.24. The maximum absolute atomic E-state index is 5.10. The van der Waals surface area contributed by atoms with Crippen LogP contribution in [-0.2, 0) is 20.1 Å². The molecule has 0 bridgehead atoms. The van der Waals surface area contributed by atoms with Gasteiger partial charge in [0.05, 0.1) is 12.2 Å². The van der Waals surface area contributed by atoms with Crippen LogP contribution in [0.25, 0.3) is 0 Å². The Hall–Kier alpha value is -1.62. The van der Waals surface area contributed by atoms with E-state index in [2.05, 4.69) is 15.5 Å². The first-order valence-electron chi connectivity index (χ1n) is 5.27. The summed E-state index contributed by atoms with van der Waals surface area (Å²) < 4.78 is 7.10. The van der Waals surface area contributed by atoms with Crippen LogP contribution in [0.4, 0.5) is 0 Å². The van der Waals surface area contributed by atoms with Crippen LogP contribution in [-0.4, -0.2) is 14.7 Å². The van der Waals surface area contributed by atoms with Gasteiger partial charge in [0.2, 0.25) is 0 Å². The predicted octanol–water partition coefficient (Wildman–Crippen LogP) is 1.31. The molecule has 0 amide bonds. The van der Waals surface area contributed by atoms with E-state index in [1.807, 2.05) is 31.7 Å². The molecule has 16 heavy (non-hydrogen) atoms. The van der Waals surface area contributed by atoms with Gasteiger partial charge in [-0.2, -0.15) is 0 Å². The molecule has 0 aliphatic rings. The molecule has 0 spiro atoms. The molecule has 5 nitrogen and oxygen atoms in total. The van der Waals surface area contributed by atoms with E-state index in [9.17, 15) is 0 Å². The summed E-state index contributed by atoms with van der Waals surface area (Å²) in [6, 6.07) is 0. The van der Waals surface area contributed by atoms with Gasteiger partial charge in [-0.25, -0.2) is 4.98 Å². The monoisotopic (exact) mass is 220 g/mol. The normalized spacial score (nSPS) is 10.9. The minimum absolute atomic E-state index is 0.744. The summed E-state index contributed by atoms with van der Waals surface area (Å²) >= 11 is 0. The average Bonchev–Trinajstić information content (AvgIpc) is 2.79. The van der Waals surface area contributed by atoms with Gasteiger partial charge in [0.25, 0.3) is 0 Å².